The summed E-state index contributed by atoms with van der Waals surface area (Å²) >= 11 is 0. The zero-order valence-corrected chi connectivity index (χ0v) is 18.1. The molecule has 2 rings (SSSR count). The van der Waals surface area contributed by atoms with E-state index in [0.29, 0.717) is 18.8 Å². The fraction of sp³-hybridized carbons (Fsp3) is 0.667. The maximum atomic E-state index is 14.6. The molecule has 2 unspecified atom stereocenters. The van der Waals surface area contributed by atoms with Gasteiger partial charge in [-0.2, -0.15) is 0 Å². The van der Waals surface area contributed by atoms with Gasteiger partial charge in [0.25, 0.3) is 0 Å². The number of carbonyl (C=O) groups is 2. The summed E-state index contributed by atoms with van der Waals surface area (Å²) in [6, 6.07) is 3.03. The molecule has 1 fully saturated rings. The van der Waals surface area contributed by atoms with E-state index in [0.717, 1.165) is 5.56 Å². The number of piperidine rings is 1. The molecule has 29 heavy (non-hydrogen) atoms. The van der Waals surface area contributed by atoms with E-state index in [1.165, 1.54) is 4.90 Å². The van der Waals surface area contributed by atoms with E-state index < -0.39 is 29.3 Å². The number of rotatable bonds is 5. The number of pyridine rings is 1. The highest BCUT2D eigenvalue weighted by molar-refractivity contribution is 5.82. The minimum absolute atomic E-state index is 0.107. The van der Waals surface area contributed by atoms with Crippen molar-refractivity contribution in [2.24, 2.45) is 5.41 Å². The number of halogens is 1. The van der Waals surface area contributed by atoms with E-state index in [-0.39, 0.29) is 19.1 Å². The summed E-state index contributed by atoms with van der Waals surface area (Å²) in [4.78, 5) is 30.3. The summed E-state index contributed by atoms with van der Waals surface area (Å²) in [5, 5.41) is 2.77. The van der Waals surface area contributed by atoms with Crippen LogP contribution in [0, 0.1) is 12.3 Å². The molecule has 0 radical (unpaired) electrons. The molecule has 0 spiro atoms. The first-order valence-corrected chi connectivity index (χ1v) is 9.86. The standard InChI is InChI=1S/C21H32FN3O4/c1-14-8-7-10-23-17(14)28-13-21(5,6)18(26)24-16-9-11-25(12-15(16)22)19(27)29-20(2,3)4/h7-8,10,15-16H,9,11-13H2,1-6H3,(H,24,26). The third kappa shape index (κ3) is 6.58. The average Bonchev–Trinajstić information content (AvgIpc) is 2.61. The largest absolute Gasteiger partial charge is 0.476 e. The number of carbonyl (C=O) groups excluding carboxylic acids is 2. The number of aryl methyl sites for hydroxylation is 1. The Balaban J connectivity index is 1.88. The second-order valence-corrected chi connectivity index (χ2v) is 9.11. The van der Waals surface area contributed by atoms with Crippen LogP contribution in [0.25, 0.3) is 0 Å². The van der Waals surface area contributed by atoms with E-state index in [1.54, 1.807) is 40.8 Å². The first-order valence-electron chi connectivity index (χ1n) is 9.86. The first-order chi connectivity index (χ1) is 13.4. The Kier molecular flexibility index (Phi) is 7.08. The summed E-state index contributed by atoms with van der Waals surface area (Å²) < 4.78 is 25.6. The van der Waals surface area contributed by atoms with Gasteiger partial charge in [0.15, 0.2) is 0 Å². The molecule has 0 aromatic carbocycles. The van der Waals surface area contributed by atoms with Crippen LogP contribution >= 0.6 is 0 Å². The molecule has 162 valence electrons. The van der Waals surface area contributed by atoms with Crippen molar-refractivity contribution in [2.45, 2.75) is 65.8 Å². The monoisotopic (exact) mass is 409 g/mol. The molecule has 1 aliphatic rings. The number of ether oxygens (including phenoxy) is 2. The van der Waals surface area contributed by atoms with Gasteiger partial charge in [0.05, 0.1) is 18.0 Å². The van der Waals surface area contributed by atoms with Crippen LogP contribution in [0.1, 0.15) is 46.6 Å². The summed E-state index contributed by atoms with van der Waals surface area (Å²) in [7, 11) is 0. The van der Waals surface area contributed by atoms with Crippen LogP contribution in [0.5, 0.6) is 5.88 Å². The molecule has 2 amide bonds. The number of alkyl halides is 1. The van der Waals surface area contributed by atoms with Gasteiger partial charge < -0.3 is 19.7 Å². The fourth-order valence-corrected chi connectivity index (χ4v) is 2.86. The number of hydrogen-bond acceptors (Lipinski definition) is 5. The van der Waals surface area contributed by atoms with Crippen molar-refractivity contribution in [3.05, 3.63) is 23.9 Å². The normalized spacial score (nSPS) is 20.2. The zero-order valence-electron chi connectivity index (χ0n) is 18.1. The number of hydrogen-bond donors (Lipinski definition) is 1. The predicted octanol–water partition coefficient (Wildman–Crippen LogP) is 3.26. The van der Waals surface area contributed by atoms with Crippen LogP contribution in [0.2, 0.25) is 0 Å². The number of aromatic nitrogens is 1. The van der Waals surface area contributed by atoms with E-state index in [1.807, 2.05) is 19.1 Å². The second-order valence-electron chi connectivity index (χ2n) is 9.11. The Bertz CT molecular complexity index is 733. The van der Waals surface area contributed by atoms with E-state index in [9.17, 15) is 14.0 Å². The summed E-state index contributed by atoms with van der Waals surface area (Å²) in [6.45, 7) is 11.0. The smallest absolute Gasteiger partial charge is 0.410 e. The molecule has 0 aliphatic carbocycles. The van der Waals surface area contributed by atoms with Crippen molar-refractivity contribution < 1.29 is 23.5 Å². The lowest BCUT2D eigenvalue weighted by Gasteiger charge is -2.37. The Labute approximate surface area is 172 Å². The van der Waals surface area contributed by atoms with Crippen molar-refractivity contribution in [1.29, 1.82) is 0 Å². The summed E-state index contributed by atoms with van der Waals surface area (Å²) in [6.07, 6.45) is 0.0450. The number of likely N-dealkylation sites (tertiary alicyclic amines) is 1. The highest BCUT2D eigenvalue weighted by atomic mass is 19.1. The Morgan fingerprint density at radius 3 is 2.59 bits per heavy atom. The number of amides is 2. The molecule has 0 bridgehead atoms. The lowest BCUT2D eigenvalue weighted by molar-refractivity contribution is -0.132. The van der Waals surface area contributed by atoms with E-state index >= 15 is 0 Å². The van der Waals surface area contributed by atoms with Crippen LogP contribution in [-0.2, 0) is 9.53 Å². The number of nitrogens with zero attached hydrogens (tertiary/aromatic N) is 2. The van der Waals surface area contributed by atoms with Crippen molar-refractivity contribution in [2.75, 3.05) is 19.7 Å². The predicted molar refractivity (Wildman–Crippen MR) is 108 cm³/mol. The molecular formula is C21H32FN3O4. The second kappa shape index (κ2) is 8.97. The quantitative estimate of drug-likeness (QED) is 0.807. The van der Waals surface area contributed by atoms with Gasteiger partial charge in [-0.3, -0.25) is 4.79 Å². The Morgan fingerprint density at radius 1 is 1.31 bits per heavy atom. The van der Waals surface area contributed by atoms with Crippen molar-refractivity contribution in [3.63, 3.8) is 0 Å². The third-order valence-electron chi connectivity index (χ3n) is 4.66. The van der Waals surface area contributed by atoms with Gasteiger partial charge in [0.2, 0.25) is 11.8 Å². The van der Waals surface area contributed by atoms with Gasteiger partial charge in [-0.25, -0.2) is 14.2 Å². The van der Waals surface area contributed by atoms with E-state index in [4.69, 9.17) is 9.47 Å². The average molecular weight is 410 g/mol. The maximum Gasteiger partial charge on any atom is 0.410 e. The molecule has 1 aliphatic heterocycles. The molecule has 1 N–H and O–H groups in total. The van der Waals surface area contributed by atoms with Gasteiger partial charge in [-0.05, 0) is 54.0 Å². The Morgan fingerprint density at radius 2 is 2.00 bits per heavy atom. The first kappa shape index (κ1) is 22.9. The van der Waals surface area contributed by atoms with Crippen LogP contribution in [-0.4, -0.2) is 59.4 Å². The van der Waals surface area contributed by atoms with Gasteiger partial charge in [-0.15, -0.1) is 0 Å². The fourth-order valence-electron chi connectivity index (χ4n) is 2.86. The van der Waals surface area contributed by atoms with Crippen molar-refractivity contribution in [3.8, 4) is 5.88 Å². The molecule has 2 atom stereocenters. The molecule has 1 aromatic rings. The highest BCUT2D eigenvalue weighted by Crippen LogP contribution is 2.22. The number of nitrogens with one attached hydrogen (secondary N) is 1. The third-order valence-corrected chi connectivity index (χ3v) is 4.66. The molecule has 8 heteroatoms. The van der Waals surface area contributed by atoms with Crippen molar-refractivity contribution in [1.82, 2.24) is 15.2 Å². The van der Waals surface area contributed by atoms with Crippen LogP contribution in [0.4, 0.5) is 9.18 Å². The minimum atomic E-state index is -1.37. The lowest BCUT2D eigenvalue weighted by atomic mass is 9.92. The SMILES string of the molecule is Cc1cccnc1OCC(C)(C)C(=O)NC1CCN(C(=O)OC(C)(C)C)CC1F. The molecule has 1 aromatic heterocycles. The van der Waals surface area contributed by atoms with Gasteiger partial charge in [0, 0.05) is 18.3 Å². The highest BCUT2D eigenvalue weighted by Gasteiger charge is 2.37. The van der Waals surface area contributed by atoms with Crippen molar-refractivity contribution >= 4 is 12.0 Å². The molecule has 0 saturated carbocycles. The van der Waals surface area contributed by atoms with Crippen LogP contribution < -0.4 is 10.1 Å². The summed E-state index contributed by atoms with van der Waals surface area (Å²) in [5.74, 6) is 0.173. The minimum Gasteiger partial charge on any atom is -0.476 e. The van der Waals surface area contributed by atoms with E-state index in [2.05, 4.69) is 10.3 Å². The molecule has 2 heterocycles. The van der Waals surface area contributed by atoms with Crippen LogP contribution in [0.15, 0.2) is 18.3 Å². The Hall–Kier alpha value is -2.38. The summed E-state index contributed by atoms with van der Waals surface area (Å²) in [5.41, 5.74) is -0.627. The topological polar surface area (TPSA) is 80.8 Å². The molecular weight excluding hydrogens is 377 g/mol. The van der Waals surface area contributed by atoms with Crippen LogP contribution in [0.3, 0.4) is 0 Å². The maximum absolute atomic E-state index is 14.6. The zero-order chi connectivity index (χ0) is 21.8. The van der Waals surface area contributed by atoms with Gasteiger partial charge in [0.1, 0.15) is 18.4 Å². The molecule has 7 nitrogen and oxygen atoms in total. The van der Waals surface area contributed by atoms with Gasteiger partial charge in [-0.1, -0.05) is 6.07 Å². The van der Waals surface area contributed by atoms with Gasteiger partial charge >= 0.3 is 6.09 Å². The lowest BCUT2D eigenvalue weighted by Crippen LogP contribution is -2.56. The molecule has 1 saturated heterocycles.